The summed E-state index contributed by atoms with van der Waals surface area (Å²) in [6.45, 7) is 1.81. The second-order valence-electron chi connectivity index (χ2n) is 8.73. The van der Waals surface area contributed by atoms with Crippen LogP contribution < -0.4 is 10.2 Å². The van der Waals surface area contributed by atoms with Crippen LogP contribution in [0, 0.1) is 0 Å². The van der Waals surface area contributed by atoms with Gasteiger partial charge in [0.15, 0.2) is 5.65 Å². The van der Waals surface area contributed by atoms with Crippen molar-refractivity contribution in [1.82, 2.24) is 24.8 Å². The van der Waals surface area contributed by atoms with Gasteiger partial charge in [0.25, 0.3) is 5.91 Å². The molecule has 9 heteroatoms. The summed E-state index contributed by atoms with van der Waals surface area (Å²) in [5, 5.41) is 8.38. The lowest BCUT2D eigenvalue weighted by Crippen LogP contribution is -2.39. The number of carbonyl (C=O) groups excluding carboxylic acids is 2. The van der Waals surface area contributed by atoms with Crippen molar-refractivity contribution >= 4 is 34.9 Å². The van der Waals surface area contributed by atoms with Crippen LogP contribution in [0.15, 0.2) is 36.5 Å². The molecule has 1 fully saturated rings. The first-order valence-corrected chi connectivity index (χ1v) is 11.8. The van der Waals surface area contributed by atoms with Gasteiger partial charge in [-0.3, -0.25) is 9.59 Å². The van der Waals surface area contributed by atoms with Gasteiger partial charge >= 0.3 is 0 Å². The fraction of sp³-hybridized carbons (Fsp3) is 0.417. The summed E-state index contributed by atoms with van der Waals surface area (Å²) in [7, 11) is 1.97. The van der Waals surface area contributed by atoms with Gasteiger partial charge in [0, 0.05) is 56.0 Å². The van der Waals surface area contributed by atoms with E-state index in [9.17, 15) is 9.59 Å². The maximum atomic E-state index is 13.8. The Hall–Kier alpha value is -3.13. The van der Waals surface area contributed by atoms with Crippen molar-refractivity contribution in [2.45, 2.75) is 38.1 Å². The van der Waals surface area contributed by atoms with E-state index in [1.54, 1.807) is 18.3 Å². The van der Waals surface area contributed by atoms with Crippen LogP contribution >= 0.6 is 11.6 Å². The SMILES string of the molecule is CN1CCNC(=O)CCc2ccc(Cl)cc2C(=O)N2CCCCC2c2cc3nccc1n3n2. The molecule has 0 spiro atoms. The molecule has 33 heavy (non-hydrogen) atoms. The molecule has 8 nitrogen and oxygen atoms in total. The normalized spacial score (nSPS) is 20.0. The first kappa shape index (κ1) is 21.7. The average Bonchev–Trinajstić information content (AvgIpc) is 3.26. The van der Waals surface area contributed by atoms with Gasteiger partial charge < -0.3 is 15.1 Å². The number of nitrogens with one attached hydrogen (secondary N) is 1. The Kier molecular flexibility index (Phi) is 5.93. The molecule has 5 rings (SSSR count). The highest BCUT2D eigenvalue weighted by Gasteiger charge is 2.32. The van der Waals surface area contributed by atoms with Gasteiger partial charge in [0.2, 0.25) is 5.91 Å². The fourth-order valence-electron chi connectivity index (χ4n) is 4.77. The predicted molar refractivity (Wildman–Crippen MR) is 127 cm³/mol. The lowest BCUT2D eigenvalue weighted by atomic mass is 9.96. The third kappa shape index (κ3) is 4.27. The molecule has 0 aliphatic carbocycles. The molecule has 0 saturated carbocycles. The molecule has 2 aromatic heterocycles. The van der Waals surface area contributed by atoms with Crippen molar-refractivity contribution in [3.8, 4) is 0 Å². The van der Waals surface area contributed by atoms with E-state index in [0.717, 1.165) is 42.0 Å². The molecule has 3 aromatic rings. The van der Waals surface area contributed by atoms with Crippen LogP contribution in [0.2, 0.25) is 5.02 Å². The highest BCUT2D eigenvalue weighted by atomic mass is 35.5. The van der Waals surface area contributed by atoms with Gasteiger partial charge in [0.1, 0.15) is 5.82 Å². The maximum Gasteiger partial charge on any atom is 0.254 e. The Morgan fingerprint density at radius 2 is 1.97 bits per heavy atom. The smallest absolute Gasteiger partial charge is 0.254 e. The Morgan fingerprint density at radius 3 is 2.85 bits per heavy atom. The summed E-state index contributed by atoms with van der Waals surface area (Å²) in [6.07, 6.45) is 5.39. The number of halogens is 1. The molecular weight excluding hydrogens is 440 g/mol. The van der Waals surface area contributed by atoms with Crippen molar-refractivity contribution in [3.63, 3.8) is 0 Å². The van der Waals surface area contributed by atoms with Crippen LogP contribution in [-0.4, -0.2) is 58.0 Å². The van der Waals surface area contributed by atoms with E-state index in [1.807, 2.05) is 34.7 Å². The number of nitrogens with zero attached hydrogens (tertiary/aromatic N) is 5. The number of hydrogen-bond donors (Lipinski definition) is 1. The minimum atomic E-state index is -0.130. The summed E-state index contributed by atoms with van der Waals surface area (Å²) in [6, 6.07) is 9.13. The number of hydrogen-bond acceptors (Lipinski definition) is 5. The van der Waals surface area contributed by atoms with Crippen molar-refractivity contribution in [2.75, 3.05) is 31.6 Å². The second-order valence-corrected chi connectivity index (χ2v) is 9.16. The molecule has 1 N–H and O–H groups in total. The van der Waals surface area contributed by atoms with Crippen molar-refractivity contribution in [3.05, 3.63) is 58.4 Å². The third-order valence-electron chi connectivity index (χ3n) is 6.55. The molecule has 1 atom stereocenters. The van der Waals surface area contributed by atoms with E-state index in [1.165, 1.54) is 0 Å². The number of carbonyl (C=O) groups is 2. The molecule has 4 heterocycles. The summed E-state index contributed by atoms with van der Waals surface area (Å²) < 4.78 is 1.82. The van der Waals surface area contributed by atoms with Gasteiger partial charge in [0.05, 0.1) is 11.7 Å². The zero-order valence-electron chi connectivity index (χ0n) is 18.6. The van der Waals surface area contributed by atoms with Gasteiger partial charge in [-0.15, -0.1) is 0 Å². The first-order chi connectivity index (χ1) is 16.0. The molecule has 0 radical (unpaired) electrons. The molecule has 1 saturated heterocycles. The molecule has 1 unspecified atom stereocenters. The van der Waals surface area contributed by atoms with Crippen LogP contribution in [0.4, 0.5) is 5.82 Å². The minimum Gasteiger partial charge on any atom is -0.358 e. The van der Waals surface area contributed by atoms with Crippen molar-refractivity contribution in [2.24, 2.45) is 0 Å². The second kappa shape index (κ2) is 9.02. The lowest BCUT2D eigenvalue weighted by Gasteiger charge is -2.35. The zero-order valence-corrected chi connectivity index (χ0v) is 19.4. The molecular formula is C24H27ClN6O2. The zero-order chi connectivity index (χ0) is 22.9. The molecule has 2 aliphatic heterocycles. The Bertz CT molecular complexity index is 1210. The summed E-state index contributed by atoms with van der Waals surface area (Å²) >= 11 is 6.28. The van der Waals surface area contributed by atoms with Gasteiger partial charge in [-0.2, -0.15) is 9.61 Å². The molecule has 1 aromatic carbocycles. The number of benzene rings is 1. The first-order valence-electron chi connectivity index (χ1n) is 11.4. The Labute approximate surface area is 197 Å². The number of fused-ring (bicyclic) bond motifs is 4. The van der Waals surface area contributed by atoms with E-state index >= 15 is 0 Å². The fourth-order valence-corrected chi connectivity index (χ4v) is 4.94. The van der Waals surface area contributed by atoms with Crippen LogP contribution in [0.1, 0.15) is 53.3 Å². The van der Waals surface area contributed by atoms with Gasteiger partial charge in [-0.25, -0.2) is 4.98 Å². The molecule has 172 valence electrons. The van der Waals surface area contributed by atoms with E-state index in [2.05, 4.69) is 15.2 Å². The van der Waals surface area contributed by atoms with E-state index in [4.69, 9.17) is 16.7 Å². The van der Waals surface area contributed by atoms with Crippen LogP contribution in [0.25, 0.3) is 5.65 Å². The Balaban J connectivity index is 1.62. The van der Waals surface area contributed by atoms with Crippen molar-refractivity contribution < 1.29 is 9.59 Å². The highest BCUT2D eigenvalue weighted by molar-refractivity contribution is 6.31. The quantitative estimate of drug-likeness (QED) is 0.550. The molecule has 2 aliphatic rings. The molecule has 2 amide bonds. The molecule has 2 bridgehead atoms. The number of aromatic nitrogens is 3. The number of likely N-dealkylation sites (N-methyl/N-ethyl adjacent to an activating group) is 1. The van der Waals surface area contributed by atoms with Gasteiger partial charge in [-0.1, -0.05) is 17.7 Å². The number of amides is 2. The highest BCUT2D eigenvalue weighted by Crippen LogP contribution is 2.33. The van der Waals surface area contributed by atoms with Crippen LogP contribution in [0.3, 0.4) is 0 Å². The van der Waals surface area contributed by atoms with E-state index in [0.29, 0.717) is 43.1 Å². The maximum absolute atomic E-state index is 13.8. The summed E-state index contributed by atoms with van der Waals surface area (Å²) in [5.74, 6) is 0.784. The number of piperidine rings is 1. The monoisotopic (exact) mass is 466 g/mol. The Morgan fingerprint density at radius 1 is 1.09 bits per heavy atom. The van der Waals surface area contributed by atoms with Crippen molar-refractivity contribution in [1.29, 1.82) is 0 Å². The minimum absolute atomic E-state index is 0.0408. The van der Waals surface area contributed by atoms with Crippen LogP contribution in [-0.2, 0) is 11.2 Å². The summed E-state index contributed by atoms with van der Waals surface area (Å²) in [5.41, 5.74) is 2.99. The standard InChI is InChI=1S/C24H27ClN6O2/c1-29-13-11-27-22(32)8-6-16-5-7-17(25)14-18(16)24(33)30-12-3-2-4-20(30)19-15-21-26-10-9-23(29)31(21)28-19/h5,7,9-10,14-15,20H,2-4,6,8,11-13H2,1H3,(H,27,32). The van der Waals surface area contributed by atoms with Crippen LogP contribution in [0.5, 0.6) is 0 Å². The topological polar surface area (TPSA) is 82.8 Å². The lowest BCUT2D eigenvalue weighted by molar-refractivity contribution is -0.121. The van der Waals surface area contributed by atoms with E-state index in [-0.39, 0.29) is 17.9 Å². The number of aryl methyl sites for hydroxylation is 1. The number of anilines is 1. The third-order valence-corrected chi connectivity index (χ3v) is 6.78. The van der Waals surface area contributed by atoms with Gasteiger partial charge in [-0.05, 0) is 49.4 Å². The average molecular weight is 467 g/mol. The number of rotatable bonds is 0. The summed E-state index contributed by atoms with van der Waals surface area (Å²) in [4.78, 5) is 34.7. The predicted octanol–water partition coefficient (Wildman–Crippen LogP) is 3.25. The van der Waals surface area contributed by atoms with E-state index < -0.39 is 0 Å². The largest absolute Gasteiger partial charge is 0.358 e.